The first kappa shape index (κ1) is 20.6. The van der Waals surface area contributed by atoms with Gasteiger partial charge >= 0.3 is 0 Å². The van der Waals surface area contributed by atoms with Crippen molar-refractivity contribution >= 4 is 41.3 Å². The quantitative estimate of drug-likeness (QED) is 0.392. The van der Waals surface area contributed by atoms with Gasteiger partial charge in [-0.05, 0) is 6.42 Å². The van der Waals surface area contributed by atoms with Crippen LogP contribution in [-0.4, -0.2) is 50.5 Å². The minimum atomic E-state index is -0.160. The average Bonchev–Trinajstić information content (AvgIpc) is 3.04. The number of aromatic nitrogens is 1. The molecule has 23 heavy (non-hydrogen) atoms. The Hall–Kier alpha value is -0.450. The molecule has 1 aliphatic heterocycles. The van der Waals surface area contributed by atoms with Crippen LogP contribution < -0.4 is 10.6 Å². The lowest BCUT2D eigenvalue weighted by Gasteiger charge is -2.36. The first-order valence-corrected chi connectivity index (χ1v) is 8.54. The molecule has 6 nitrogen and oxygen atoms in total. The third kappa shape index (κ3) is 6.17. The maximum absolute atomic E-state index is 5.72. The molecule has 0 aromatic carbocycles. The number of ether oxygens (including phenoxy) is 2. The van der Waals surface area contributed by atoms with Crippen LogP contribution in [0.2, 0.25) is 0 Å². The van der Waals surface area contributed by atoms with Gasteiger partial charge in [0.25, 0.3) is 0 Å². The molecule has 2 N–H and O–H groups in total. The lowest BCUT2D eigenvalue weighted by molar-refractivity contribution is -0.0855. The molecule has 2 rings (SSSR count). The van der Waals surface area contributed by atoms with E-state index in [4.69, 9.17) is 9.47 Å². The summed E-state index contributed by atoms with van der Waals surface area (Å²) in [5.74, 6) is 0.774. The molecule has 0 bridgehead atoms. The lowest BCUT2D eigenvalue weighted by atomic mass is 9.94. The third-order valence-corrected chi connectivity index (χ3v) is 5.14. The molecule has 8 heteroatoms. The number of aryl methyl sites for hydroxylation is 1. The number of rotatable bonds is 6. The monoisotopic (exact) mass is 454 g/mol. The van der Waals surface area contributed by atoms with Crippen LogP contribution in [0.25, 0.3) is 0 Å². The second-order valence-electron chi connectivity index (χ2n) is 5.35. The summed E-state index contributed by atoms with van der Waals surface area (Å²) in [6.07, 6.45) is 4.78. The Bertz CT molecular complexity index is 490. The van der Waals surface area contributed by atoms with E-state index in [1.54, 1.807) is 25.5 Å². The minimum Gasteiger partial charge on any atom is -0.381 e. The van der Waals surface area contributed by atoms with Crippen molar-refractivity contribution in [3.63, 3.8) is 0 Å². The van der Waals surface area contributed by atoms with Crippen molar-refractivity contribution in [2.24, 2.45) is 4.99 Å². The fourth-order valence-electron chi connectivity index (χ4n) is 2.41. The highest BCUT2D eigenvalue weighted by Crippen LogP contribution is 2.23. The predicted molar refractivity (Wildman–Crippen MR) is 105 cm³/mol. The Morgan fingerprint density at radius 3 is 2.74 bits per heavy atom. The molecule has 1 aromatic rings. The van der Waals surface area contributed by atoms with Gasteiger partial charge in [0.05, 0.1) is 12.1 Å². The highest BCUT2D eigenvalue weighted by molar-refractivity contribution is 14.0. The molecule has 0 aliphatic carbocycles. The van der Waals surface area contributed by atoms with Gasteiger partial charge < -0.3 is 20.1 Å². The smallest absolute Gasteiger partial charge is 0.191 e. The van der Waals surface area contributed by atoms with Crippen LogP contribution in [0.3, 0.4) is 0 Å². The van der Waals surface area contributed by atoms with Crippen LogP contribution in [0.15, 0.2) is 11.2 Å². The Morgan fingerprint density at radius 2 is 2.17 bits per heavy atom. The van der Waals surface area contributed by atoms with Crippen molar-refractivity contribution in [3.8, 4) is 0 Å². The zero-order valence-electron chi connectivity index (χ0n) is 14.1. The fraction of sp³-hybridized carbons (Fsp3) is 0.733. The first-order valence-electron chi connectivity index (χ1n) is 7.72. The van der Waals surface area contributed by atoms with E-state index >= 15 is 0 Å². The summed E-state index contributed by atoms with van der Waals surface area (Å²) in [5, 5.41) is 7.74. The topological polar surface area (TPSA) is 67.8 Å². The molecule has 0 amide bonds. The van der Waals surface area contributed by atoms with Crippen molar-refractivity contribution < 1.29 is 9.47 Å². The predicted octanol–water partition coefficient (Wildman–Crippen LogP) is 2.18. The van der Waals surface area contributed by atoms with Crippen LogP contribution in [0, 0.1) is 0 Å². The van der Waals surface area contributed by atoms with E-state index < -0.39 is 0 Å². The normalized spacial score (nSPS) is 17.4. The van der Waals surface area contributed by atoms with Crippen LogP contribution in [0.4, 0.5) is 0 Å². The van der Waals surface area contributed by atoms with Gasteiger partial charge in [-0.3, -0.25) is 4.99 Å². The van der Waals surface area contributed by atoms with Crippen molar-refractivity contribution in [1.82, 2.24) is 15.6 Å². The number of nitrogens with one attached hydrogen (secondary N) is 2. The van der Waals surface area contributed by atoms with Gasteiger partial charge in [-0.15, -0.1) is 35.3 Å². The van der Waals surface area contributed by atoms with Gasteiger partial charge in [0.2, 0.25) is 0 Å². The molecule has 1 fully saturated rings. The maximum atomic E-state index is 5.72. The Balaban J connectivity index is 0.00000264. The number of hydrogen-bond donors (Lipinski definition) is 2. The molecular formula is C15H27IN4O2S. The number of halogens is 1. The fourth-order valence-corrected chi connectivity index (χ4v) is 3.22. The standard InChI is InChI=1S/C15H26N4O2S.HI/c1-4-12-9-17-13(22-12)10-18-14(16-2)19-11-15(20-3)5-7-21-8-6-15;/h9H,4-8,10-11H2,1-3H3,(H2,16,18,19);1H. The number of aliphatic imine (C=N–C) groups is 1. The van der Waals surface area contributed by atoms with Gasteiger partial charge in [0.1, 0.15) is 5.01 Å². The van der Waals surface area contributed by atoms with Crippen LogP contribution in [0.1, 0.15) is 29.7 Å². The maximum Gasteiger partial charge on any atom is 0.191 e. The van der Waals surface area contributed by atoms with Gasteiger partial charge in [-0.1, -0.05) is 6.92 Å². The summed E-state index contributed by atoms with van der Waals surface area (Å²) in [4.78, 5) is 9.98. The van der Waals surface area contributed by atoms with Crippen molar-refractivity contribution in [1.29, 1.82) is 0 Å². The van der Waals surface area contributed by atoms with Crippen molar-refractivity contribution in [2.45, 2.75) is 38.3 Å². The molecule has 1 aromatic heterocycles. The van der Waals surface area contributed by atoms with Crippen LogP contribution >= 0.6 is 35.3 Å². The van der Waals surface area contributed by atoms with E-state index in [9.17, 15) is 0 Å². The largest absolute Gasteiger partial charge is 0.381 e. The average molecular weight is 454 g/mol. The molecule has 1 saturated heterocycles. The summed E-state index contributed by atoms with van der Waals surface area (Å²) in [5.41, 5.74) is -0.160. The second-order valence-corrected chi connectivity index (χ2v) is 6.55. The Labute approximate surface area is 159 Å². The molecule has 2 heterocycles. The third-order valence-electron chi connectivity index (χ3n) is 4.00. The second kappa shape index (κ2) is 10.4. The molecule has 0 spiro atoms. The van der Waals surface area contributed by atoms with Crippen molar-refractivity contribution in [3.05, 3.63) is 16.1 Å². The van der Waals surface area contributed by atoms with E-state index in [0.29, 0.717) is 6.54 Å². The van der Waals surface area contributed by atoms with E-state index in [-0.39, 0.29) is 29.6 Å². The lowest BCUT2D eigenvalue weighted by Crippen LogP contribution is -2.50. The zero-order chi connectivity index (χ0) is 15.8. The highest BCUT2D eigenvalue weighted by Gasteiger charge is 2.32. The van der Waals surface area contributed by atoms with Crippen LogP contribution in [-0.2, 0) is 22.4 Å². The molecule has 1 aliphatic rings. The summed E-state index contributed by atoms with van der Waals surface area (Å²) in [7, 11) is 3.54. The summed E-state index contributed by atoms with van der Waals surface area (Å²) in [6.45, 7) is 5.06. The van der Waals surface area contributed by atoms with E-state index in [1.807, 2.05) is 6.20 Å². The van der Waals surface area contributed by atoms with Crippen molar-refractivity contribution in [2.75, 3.05) is 33.9 Å². The zero-order valence-corrected chi connectivity index (χ0v) is 17.2. The summed E-state index contributed by atoms with van der Waals surface area (Å²) < 4.78 is 11.1. The highest BCUT2D eigenvalue weighted by atomic mass is 127. The molecule has 0 unspecified atom stereocenters. The first-order chi connectivity index (χ1) is 10.7. The molecule has 132 valence electrons. The van der Waals surface area contributed by atoms with Crippen LogP contribution in [0.5, 0.6) is 0 Å². The Morgan fingerprint density at radius 1 is 1.43 bits per heavy atom. The summed E-state index contributed by atoms with van der Waals surface area (Å²) in [6, 6.07) is 0. The Kier molecular flexibility index (Phi) is 9.33. The number of thiazole rings is 1. The molecule has 0 saturated carbocycles. The van der Waals surface area contributed by atoms with Gasteiger partial charge in [-0.2, -0.15) is 0 Å². The molecule has 0 atom stereocenters. The number of guanidine groups is 1. The molecule has 0 radical (unpaired) electrons. The summed E-state index contributed by atoms with van der Waals surface area (Å²) >= 11 is 1.74. The number of nitrogens with zero attached hydrogens (tertiary/aromatic N) is 2. The van der Waals surface area contributed by atoms with E-state index in [0.717, 1.165) is 50.0 Å². The van der Waals surface area contributed by atoms with Gasteiger partial charge in [0.15, 0.2) is 5.96 Å². The SMILES string of the molecule is CCc1cnc(CNC(=NC)NCC2(OC)CCOCC2)s1.I. The van der Waals surface area contributed by atoms with E-state index in [1.165, 1.54) is 4.88 Å². The number of hydrogen-bond acceptors (Lipinski definition) is 5. The van der Waals surface area contributed by atoms with E-state index in [2.05, 4.69) is 27.5 Å². The van der Waals surface area contributed by atoms with Gasteiger partial charge in [0, 0.05) is 57.8 Å². The minimum absolute atomic E-state index is 0. The number of methoxy groups -OCH3 is 1. The molecular weight excluding hydrogens is 427 g/mol. The van der Waals surface area contributed by atoms with Gasteiger partial charge in [-0.25, -0.2) is 4.98 Å².